The maximum Gasteiger partial charge on any atom is 0.218 e. The van der Waals surface area contributed by atoms with Gasteiger partial charge in [-0.1, -0.05) is 12.1 Å². The predicted octanol–water partition coefficient (Wildman–Crippen LogP) is -0.109. The lowest BCUT2D eigenvalue weighted by molar-refractivity contribution is -0.482. The fraction of sp³-hybridized carbons (Fsp3) is 0.0714. The van der Waals surface area contributed by atoms with Crippen molar-refractivity contribution in [2.45, 2.75) is 6.92 Å². The van der Waals surface area contributed by atoms with E-state index in [0.29, 0.717) is 0 Å². The van der Waals surface area contributed by atoms with Gasteiger partial charge in [0, 0.05) is 29.1 Å². The van der Waals surface area contributed by atoms with Gasteiger partial charge in [-0.3, -0.25) is 0 Å². The summed E-state index contributed by atoms with van der Waals surface area (Å²) in [6, 6.07) is 17.0. The first-order valence-corrected chi connectivity index (χ1v) is 5.15. The molecule has 0 atom stereocenters. The highest BCUT2D eigenvalue weighted by Gasteiger charge is 2.08. The van der Waals surface area contributed by atoms with Crippen molar-refractivity contribution < 1.29 is 16.8 Å². The molecule has 0 spiro atoms. The molecule has 0 saturated heterocycles. The lowest BCUT2D eigenvalue weighted by Crippen LogP contribution is -3.00. The van der Waals surface area contributed by atoms with Gasteiger partial charge in [0.1, 0.15) is 0 Å². The summed E-state index contributed by atoms with van der Waals surface area (Å²) in [7, 11) is 0. The van der Waals surface area contributed by atoms with Crippen molar-refractivity contribution in [1.29, 1.82) is 0 Å². The van der Waals surface area contributed by atoms with Crippen LogP contribution in [0, 0.1) is 6.92 Å². The molecule has 0 unspecified atom stereocenters. The smallest absolute Gasteiger partial charge is 0.218 e. The van der Waals surface area contributed by atoms with Gasteiger partial charge < -0.3 is 12.4 Å². The van der Waals surface area contributed by atoms with E-state index >= 15 is 0 Å². The fourth-order valence-electron chi connectivity index (χ4n) is 2.07. The highest BCUT2D eigenvalue weighted by atomic mass is 35.5. The zero-order valence-corrected chi connectivity index (χ0v) is 9.78. The number of hydrogen-bond donors (Lipinski definition) is 0. The predicted molar refractivity (Wildman–Crippen MR) is 61.8 cm³/mol. The molecular formula is C14H12ClN. The van der Waals surface area contributed by atoms with Crippen LogP contribution in [0.25, 0.3) is 16.4 Å². The molecule has 0 bridgehead atoms. The average Bonchev–Trinajstić information content (AvgIpc) is 2.29. The van der Waals surface area contributed by atoms with Crippen LogP contribution in [0.2, 0.25) is 0 Å². The van der Waals surface area contributed by atoms with Crippen LogP contribution in [0.4, 0.5) is 0 Å². The largest absolute Gasteiger partial charge is 1.00 e. The minimum atomic E-state index is 0. The summed E-state index contributed by atoms with van der Waals surface area (Å²) in [5, 5.41) is 1.28. The van der Waals surface area contributed by atoms with Crippen LogP contribution in [0.3, 0.4) is 0 Å². The second kappa shape index (κ2) is 4.11. The summed E-state index contributed by atoms with van der Waals surface area (Å²) in [5.41, 5.74) is 3.85. The molecule has 0 aliphatic rings. The van der Waals surface area contributed by atoms with Gasteiger partial charge in [-0.25, -0.2) is 0 Å². The van der Waals surface area contributed by atoms with Crippen LogP contribution in [0.5, 0.6) is 0 Å². The molecule has 0 amide bonds. The standard InChI is InChI=1S/C14H12N.ClH/c1-11-5-4-10-15-13(11)9-8-12-6-2-3-7-14(12)15;/h2-10H,1H3;1H/q+1;/p-1. The van der Waals surface area contributed by atoms with E-state index in [1.807, 2.05) is 0 Å². The van der Waals surface area contributed by atoms with Crippen molar-refractivity contribution in [3.05, 3.63) is 60.3 Å². The molecular weight excluding hydrogens is 218 g/mol. The van der Waals surface area contributed by atoms with E-state index in [0.717, 1.165) is 0 Å². The molecule has 2 heterocycles. The van der Waals surface area contributed by atoms with Crippen molar-refractivity contribution in [3.8, 4) is 0 Å². The van der Waals surface area contributed by atoms with E-state index in [9.17, 15) is 0 Å². The maximum atomic E-state index is 2.24. The molecule has 0 N–H and O–H groups in total. The summed E-state index contributed by atoms with van der Waals surface area (Å²) < 4.78 is 2.24. The molecule has 2 aromatic heterocycles. The zero-order valence-electron chi connectivity index (χ0n) is 9.02. The molecule has 0 aliphatic heterocycles. The van der Waals surface area contributed by atoms with Crippen LogP contribution < -0.4 is 16.8 Å². The van der Waals surface area contributed by atoms with Crippen molar-refractivity contribution in [2.24, 2.45) is 0 Å². The molecule has 3 aromatic rings. The molecule has 2 heteroatoms. The first-order chi connectivity index (χ1) is 7.36. The van der Waals surface area contributed by atoms with E-state index in [1.54, 1.807) is 0 Å². The summed E-state index contributed by atoms with van der Waals surface area (Å²) in [6.45, 7) is 2.14. The van der Waals surface area contributed by atoms with Gasteiger partial charge in [0.25, 0.3) is 0 Å². The number of benzene rings is 1. The second-order valence-electron chi connectivity index (χ2n) is 3.84. The lowest BCUT2D eigenvalue weighted by Gasteiger charge is -1.98. The average molecular weight is 230 g/mol. The molecule has 1 aromatic carbocycles. The van der Waals surface area contributed by atoms with E-state index in [-0.39, 0.29) is 12.4 Å². The van der Waals surface area contributed by atoms with Crippen LogP contribution in [-0.2, 0) is 0 Å². The molecule has 16 heavy (non-hydrogen) atoms. The topological polar surface area (TPSA) is 4.10 Å². The minimum absolute atomic E-state index is 0. The highest BCUT2D eigenvalue weighted by molar-refractivity contribution is 5.77. The maximum absolute atomic E-state index is 2.24. The van der Waals surface area contributed by atoms with E-state index in [1.165, 1.54) is 22.0 Å². The number of nitrogens with zero attached hydrogens (tertiary/aromatic N) is 1. The van der Waals surface area contributed by atoms with E-state index in [4.69, 9.17) is 0 Å². The molecule has 0 aliphatic carbocycles. The number of rotatable bonds is 0. The number of fused-ring (bicyclic) bond motifs is 3. The molecule has 3 rings (SSSR count). The zero-order chi connectivity index (χ0) is 10.3. The monoisotopic (exact) mass is 229 g/mol. The van der Waals surface area contributed by atoms with Gasteiger partial charge in [0.05, 0.1) is 0 Å². The van der Waals surface area contributed by atoms with E-state index in [2.05, 4.69) is 66.1 Å². The number of halogens is 1. The molecule has 1 nitrogen and oxygen atoms in total. The summed E-state index contributed by atoms with van der Waals surface area (Å²) in [6.07, 6.45) is 2.12. The number of aryl methyl sites for hydroxylation is 1. The number of para-hydroxylation sites is 1. The van der Waals surface area contributed by atoms with Crippen molar-refractivity contribution in [3.63, 3.8) is 0 Å². The van der Waals surface area contributed by atoms with Crippen LogP contribution in [0.1, 0.15) is 5.56 Å². The van der Waals surface area contributed by atoms with Gasteiger partial charge >= 0.3 is 0 Å². The molecule has 0 saturated carbocycles. The second-order valence-corrected chi connectivity index (χ2v) is 3.84. The molecule has 80 valence electrons. The Balaban J connectivity index is 0.000000963. The number of pyridine rings is 2. The lowest BCUT2D eigenvalue weighted by atomic mass is 10.1. The van der Waals surface area contributed by atoms with Gasteiger partial charge in [-0.15, -0.1) is 0 Å². The van der Waals surface area contributed by atoms with Crippen molar-refractivity contribution >= 4 is 16.4 Å². The Kier molecular flexibility index (Phi) is 2.80. The van der Waals surface area contributed by atoms with E-state index < -0.39 is 0 Å². The molecule has 0 fully saturated rings. The summed E-state index contributed by atoms with van der Waals surface area (Å²) in [4.78, 5) is 0. The minimum Gasteiger partial charge on any atom is -1.00 e. The molecule has 0 radical (unpaired) electrons. The Morgan fingerprint density at radius 2 is 1.62 bits per heavy atom. The van der Waals surface area contributed by atoms with Crippen LogP contribution in [0.15, 0.2) is 54.7 Å². The van der Waals surface area contributed by atoms with Gasteiger partial charge in [-0.2, -0.15) is 4.40 Å². The summed E-state index contributed by atoms with van der Waals surface area (Å²) >= 11 is 0. The first-order valence-electron chi connectivity index (χ1n) is 5.15. The Labute approximate surface area is 101 Å². The van der Waals surface area contributed by atoms with Crippen LogP contribution >= 0.6 is 0 Å². The van der Waals surface area contributed by atoms with Gasteiger partial charge in [0.15, 0.2) is 6.20 Å². The number of aromatic nitrogens is 1. The Hall–Kier alpha value is -1.60. The van der Waals surface area contributed by atoms with Gasteiger partial charge in [-0.05, 0) is 25.1 Å². The van der Waals surface area contributed by atoms with Crippen molar-refractivity contribution in [1.82, 2.24) is 0 Å². The first kappa shape index (κ1) is 10.9. The fourth-order valence-corrected chi connectivity index (χ4v) is 2.07. The van der Waals surface area contributed by atoms with Crippen LogP contribution in [-0.4, -0.2) is 0 Å². The van der Waals surface area contributed by atoms with Crippen molar-refractivity contribution in [2.75, 3.05) is 0 Å². The number of hydrogen-bond acceptors (Lipinski definition) is 0. The SMILES string of the molecule is Cc1ccc[n+]2c1ccc1ccccc12.[Cl-]. The third-order valence-corrected chi connectivity index (χ3v) is 2.86. The Bertz CT molecular complexity index is 646. The quantitative estimate of drug-likeness (QED) is 0.374. The Morgan fingerprint density at radius 1 is 0.812 bits per heavy atom. The Morgan fingerprint density at radius 3 is 2.50 bits per heavy atom. The summed E-state index contributed by atoms with van der Waals surface area (Å²) in [5.74, 6) is 0. The normalized spacial score (nSPS) is 10.3. The highest BCUT2D eigenvalue weighted by Crippen LogP contribution is 2.12. The third-order valence-electron chi connectivity index (χ3n) is 2.86. The van der Waals surface area contributed by atoms with Gasteiger partial charge in [0.2, 0.25) is 11.0 Å². The third kappa shape index (κ3) is 1.54.